The Morgan fingerprint density at radius 2 is 2.11 bits per heavy atom. The molecule has 1 unspecified atom stereocenters. The quantitative estimate of drug-likeness (QED) is 0.360. The van der Waals surface area contributed by atoms with E-state index < -0.39 is 42.6 Å². The van der Waals surface area contributed by atoms with Gasteiger partial charge >= 0.3 is 11.9 Å². The Kier molecular flexibility index (Phi) is 5.91. The van der Waals surface area contributed by atoms with Crippen molar-refractivity contribution in [1.29, 1.82) is 0 Å². The summed E-state index contributed by atoms with van der Waals surface area (Å²) in [5.74, 6) is -2.49. The Morgan fingerprint density at radius 3 is 2.63 bits per heavy atom. The molecular weight excluding hydrogens is 256 g/mol. The molecule has 1 saturated heterocycles. The van der Waals surface area contributed by atoms with Crippen molar-refractivity contribution in [3.8, 4) is 0 Å². The van der Waals surface area contributed by atoms with E-state index in [1.165, 1.54) is 0 Å². The van der Waals surface area contributed by atoms with Crippen molar-refractivity contribution < 1.29 is 34.1 Å². The average Bonchev–Trinajstić information content (AvgIpc) is 2.64. The lowest BCUT2D eigenvalue weighted by Gasteiger charge is -2.15. The van der Waals surface area contributed by atoms with Crippen LogP contribution in [0.4, 0.5) is 0 Å². The van der Waals surface area contributed by atoms with Gasteiger partial charge in [0, 0.05) is 6.42 Å². The molecule has 0 aliphatic carbocycles. The summed E-state index contributed by atoms with van der Waals surface area (Å²) in [6.07, 6.45) is -1.97. The highest BCUT2D eigenvalue weighted by Gasteiger charge is 2.46. The van der Waals surface area contributed by atoms with Crippen LogP contribution >= 0.6 is 0 Å². The number of carbonyl (C=O) groups is 3. The third-order valence-electron chi connectivity index (χ3n) is 2.77. The van der Waals surface area contributed by atoms with Gasteiger partial charge in [-0.3, -0.25) is 9.59 Å². The van der Waals surface area contributed by atoms with Crippen molar-refractivity contribution in [3.63, 3.8) is 0 Å². The number of ketones is 1. The predicted octanol–water partition coefficient (Wildman–Crippen LogP) is -0.674. The normalized spacial score (nSPS) is 24.2. The third-order valence-corrected chi connectivity index (χ3v) is 2.77. The minimum absolute atomic E-state index is 0.238. The van der Waals surface area contributed by atoms with Crippen molar-refractivity contribution in [2.75, 3.05) is 6.61 Å². The standard InChI is InChI=1S/C12H18O7/c1-2-3-4-5-8(14)18-6-7(13)11-9(15)10(16)12(17)19-11/h7,10-11,13,16H,2-6H2,1H3/t7-,10?,11+/m0/s1. The zero-order valence-corrected chi connectivity index (χ0v) is 10.7. The Morgan fingerprint density at radius 1 is 1.42 bits per heavy atom. The number of unbranched alkanes of at least 4 members (excludes halogenated alkanes) is 2. The van der Waals surface area contributed by atoms with Crippen LogP contribution in [0.15, 0.2) is 0 Å². The molecule has 3 atom stereocenters. The minimum atomic E-state index is -1.86. The second-order valence-electron chi connectivity index (χ2n) is 4.37. The van der Waals surface area contributed by atoms with Gasteiger partial charge in [0.2, 0.25) is 11.9 Å². The number of carbonyl (C=O) groups excluding carboxylic acids is 3. The summed E-state index contributed by atoms with van der Waals surface area (Å²) in [5, 5.41) is 18.7. The molecule has 7 heteroatoms. The fraction of sp³-hybridized carbons (Fsp3) is 0.750. The first kappa shape index (κ1) is 15.6. The Bertz CT molecular complexity index is 352. The molecule has 1 rings (SSSR count). The van der Waals surface area contributed by atoms with E-state index in [-0.39, 0.29) is 6.42 Å². The van der Waals surface area contributed by atoms with Crippen LogP contribution in [0.2, 0.25) is 0 Å². The molecule has 0 aromatic carbocycles. The minimum Gasteiger partial charge on any atom is -0.463 e. The molecule has 0 spiro atoms. The molecular formula is C12H18O7. The highest BCUT2D eigenvalue weighted by molar-refractivity contribution is 6.09. The summed E-state index contributed by atoms with van der Waals surface area (Å²) in [5.41, 5.74) is 0. The van der Waals surface area contributed by atoms with Gasteiger partial charge in [0.25, 0.3) is 0 Å². The van der Waals surface area contributed by atoms with Gasteiger partial charge in [-0.25, -0.2) is 4.79 Å². The fourth-order valence-corrected chi connectivity index (χ4v) is 1.64. The first-order valence-corrected chi connectivity index (χ1v) is 6.23. The predicted molar refractivity (Wildman–Crippen MR) is 62.0 cm³/mol. The zero-order valence-electron chi connectivity index (χ0n) is 10.7. The summed E-state index contributed by atoms with van der Waals surface area (Å²) < 4.78 is 9.27. The molecule has 19 heavy (non-hydrogen) atoms. The van der Waals surface area contributed by atoms with E-state index in [1.807, 2.05) is 6.92 Å². The molecule has 108 valence electrons. The lowest BCUT2D eigenvalue weighted by molar-refractivity contribution is -0.156. The number of ether oxygens (including phenoxy) is 2. The van der Waals surface area contributed by atoms with E-state index in [1.54, 1.807) is 0 Å². The molecule has 1 aliphatic rings. The van der Waals surface area contributed by atoms with Crippen molar-refractivity contribution >= 4 is 17.7 Å². The van der Waals surface area contributed by atoms with Gasteiger partial charge in [0.1, 0.15) is 12.7 Å². The molecule has 2 N–H and O–H groups in total. The number of esters is 2. The van der Waals surface area contributed by atoms with Gasteiger partial charge in [-0.1, -0.05) is 19.8 Å². The lowest BCUT2D eigenvalue weighted by Crippen LogP contribution is -2.38. The Labute approximate surface area is 110 Å². The number of aliphatic hydroxyl groups is 2. The molecule has 7 nitrogen and oxygen atoms in total. The van der Waals surface area contributed by atoms with Gasteiger partial charge < -0.3 is 19.7 Å². The fourth-order valence-electron chi connectivity index (χ4n) is 1.64. The van der Waals surface area contributed by atoms with Crippen molar-refractivity contribution in [2.24, 2.45) is 0 Å². The maximum atomic E-state index is 11.3. The largest absolute Gasteiger partial charge is 0.463 e. The molecule has 0 saturated carbocycles. The van der Waals surface area contributed by atoms with Crippen LogP contribution in [-0.2, 0) is 23.9 Å². The number of hydrogen-bond acceptors (Lipinski definition) is 7. The smallest absolute Gasteiger partial charge is 0.343 e. The summed E-state index contributed by atoms with van der Waals surface area (Å²) in [4.78, 5) is 33.5. The molecule has 1 heterocycles. The monoisotopic (exact) mass is 274 g/mol. The van der Waals surface area contributed by atoms with Crippen LogP contribution < -0.4 is 0 Å². The molecule has 1 fully saturated rings. The Hall–Kier alpha value is -1.47. The summed E-state index contributed by atoms with van der Waals surface area (Å²) in [7, 11) is 0. The number of hydrogen-bond donors (Lipinski definition) is 2. The number of cyclic esters (lactones) is 1. The number of rotatable bonds is 7. The first-order chi connectivity index (χ1) is 8.97. The zero-order chi connectivity index (χ0) is 14.4. The van der Waals surface area contributed by atoms with Gasteiger partial charge in [0.05, 0.1) is 0 Å². The topological polar surface area (TPSA) is 110 Å². The maximum absolute atomic E-state index is 11.3. The van der Waals surface area contributed by atoms with E-state index in [4.69, 9.17) is 9.84 Å². The van der Waals surface area contributed by atoms with E-state index in [2.05, 4.69) is 4.74 Å². The van der Waals surface area contributed by atoms with E-state index in [0.29, 0.717) is 6.42 Å². The summed E-state index contributed by atoms with van der Waals surface area (Å²) in [6.45, 7) is 1.56. The molecule has 0 radical (unpaired) electrons. The maximum Gasteiger partial charge on any atom is 0.343 e. The van der Waals surface area contributed by atoms with Crippen LogP contribution in [0, 0.1) is 0 Å². The van der Waals surface area contributed by atoms with E-state index in [9.17, 15) is 19.5 Å². The van der Waals surface area contributed by atoms with Gasteiger partial charge in [-0.05, 0) is 6.42 Å². The molecule has 0 bridgehead atoms. The molecule has 0 aromatic rings. The summed E-state index contributed by atoms with van der Waals surface area (Å²) in [6, 6.07) is 0. The molecule has 0 amide bonds. The van der Waals surface area contributed by atoms with E-state index in [0.717, 1.165) is 12.8 Å². The van der Waals surface area contributed by atoms with Gasteiger partial charge in [0.15, 0.2) is 6.10 Å². The Balaban J connectivity index is 2.31. The summed E-state index contributed by atoms with van der Waals surface area (Å²) >= 11 is 0. The van der Waals surface area contributed by atoms with Crippen LogP contribution in [-0.4, -0.2) is 52.9 Å². The second kappa shape index (κ2) is 7.20. The average molecular weight is 274 g/mol. The SMILES string of the molecule is CCCCCC(=O)OC[C@H](O)[C@H]1OC(=O)C(O)C1=O. The van der Waals surface area contributed by atoms with Crippen LogP contribution in [0.25, 0.3) is 0 Å². The van der Waals surface area contributed by atoms with Crippen molar-refractivity contribution in [3.05, 3.63) is 0 Å². The number of aliphatic hydroxyl groups excluding tert-OH is 2. The number of Topliss-reactive ketones (excluding diaryl/α,β-unsaturated/α-hetero) is 1. The highest BCUT2D eigenvalue weighted by atomic mass is 16.6. The van der Waals surface area contributed by atoms with Gasteiger partial charge in [-0.15, -0.1) is 0 Å². The molecule has 0 aromatic heterocycles. The van der Waals surface area contributed by atoms with Gasteiger partial charge in [-0.2, -0.15) is 0 Å². The highest BCUT2D eigenvalue weighted by Crippen LogP contribution is 2.15. The lowest BCUT2D eigenvalue weighted by atomic mass is 10.1. The molecule has 1 aliphatic heterocycles. The first-order valence-electron chi connectivity index (χ1n) is 6.23. The van der Waals surface area contributed by atoms with Crippen LogP contribution in [0.5, 0.6) is 0 Å². The van der Waals surface area contributed by atoms with Crippen molar-refractivity contribution in [2.45, 2.75) is 50.9 Å². The second-order valence-corrected chi connectivity index (χ2v) is 4.37. The van der Waals surface area contributed by atoms with E-state index >= 15 is 0 Å². The van der Waals surface area contributed by atoms with Crippen molar-refractivity contribution in [1.82, 2.24) is 0 Å². The third kappa shape index (κ3) is 4.29. The van der Waals surface area contributed by atoms with Crippen LogP contribution in [0.3, 0.4) is 0 Å². The van der Waals surface area contributed by atoms with Crippen LogP contribution in [0.1, 0.15) is 32.6 Å².